The summed E-state index contributed by atoms with van der Waals surface area (Å²) in [5.41, 5.74) is 3.72. The Labute approximate surface area is 178 Å². The third kappa shape index (κ3) is 5.52. The molecule has 4 rings (SSSR count). The molecule has 0 radical (unpaired) electrons. The lowest BCUT2D eigenvalue weighted by Gasteiger charge is -2.18. The van der Waals surface area contributed by atoms with Gasteiger partial charge in [0.15, 0.2) is 0 Å². The third-order valence-electron chi connectivity index (χ3n) is 5.03. The van der Waals surface area contributed by atoms with Gasteiger partial charge in [-0.25, -0.2) is 9.97 Å². The summed E-state index contributed by atoms with van der Waals surface area (Å²) in [4.78, 5) is 11.2. The van der Waals surface area contributed by atoms with Gasteiger partial charge in [0, 0.05) is 30.5 Å². The minimum Gasteiger partial charge on any atom is -0.492 e. The average molecular weight is 429 g/mol. The highest BCUT2D eigenvalue weighted by Crippen LogP contribution is 2.31. The average Bonchev–Trinajstić information content (AvgIpc) is 2.94. The van der Waals surface area contributed by atoms with Crippen molar-refractivity contribution in [1.29, 1.82) is 0 Å². The number of benzene rings is 2. The van der Waals surface area contributed by atoms with Crippen LogP contribution in [0.25, 0.3) is 11.1 Å². The summed E-state index contributed by atoms with van der Waals surface area (Å²) in [7, 11) is 0. The van der Waals surface area contributed by atoms with Crippen molar-refractivity contribution in [2.24, 2.45) is 0 Å². The van der Waals surface area contributed by atoms with Gasteiger partial charge in [-0.1, -0.05) is 25.1 Å². The Balaban J connectivity index is 1.52. The SMILES string of the molecule is CCc1ccnc(CN2CCOc3ccc(-c4ccc(OC(F)(F)F)cc4)cc3C2)n1. The molecule has 2 aromatic carbocycles. The fourth-order valence-electron chi connectivity index (χ4n) is 3.53. The van der Waals surface area contributed by atoms with Crippen molar-refractivity contribution in [3.63, 3.8) is 0 Å². The van der Waals surface area contributed by atoms with E-state index in [0.29, 0.717) is 19.7 Å². The molecule has 5 nitrogen and oxygen atoms in total. The zero-order valence-corrected chi connectivity index (χ0v) is 17.0. The van der Waals surface area contributed by atoms with Crippen LogP contribution in [0.1, 0.15) is 24.0 Å². The monoisotopic (exact) mass is 429 g/mol. The van der Waals surface area contributed by atoms with Gasteiger partial charge in [-0.05, 0) is 47.9 Å². The van der Waals surface area contributed by atoms with Gasteiger partial charge in [-0.2, -0.15) is 0 Å². The van der Waals surface area contributed by atoms with Gasteiger partial charge in [0.25, 0.3) is 0 Å². The van der Waals surface area contributed by atoms with Crippen molar-refractivity contribution >= 4 is 0 Å². The number of hydrogen-bond acceptors (Lipinski definition) is 5. The fourth-order valence-corrected chi connectivity index (χ4v) is 3.53. The van der Waals surface area contributed by atoms with Crippen LogP contribution in [0.4, 0.5) is 13.2 Å². The van der Waals surface area contributed by atoms with Crippen LogP contribution in [0, 0.1) is 0 Å². The van der Waals surface area contributed by atoms with Crippen molar-refractivity contribution in [1.82, 2.24) is 14.9 Å². The number of aromatic nitrogens is 2. The molecule has 0 N–H and O–H groups in total. The van der Waals surface area contributed by atoms with Gasteiger partial charge in [0.2, 0.25) is 0 Å². The van der Waals surface area contributed by atoms with Crippen LogP contribution in [0.5, 0.6) is 11.5 Å². The second kappa shape index (κ2) is 8.93. The second-order valence-electron chi connectivity index (χ2n) is 7.27. The van der Waals surface area contributed by atoms with E-state index in [4.69, 9.17) is 4.74 Å². The largest absolute Gasteiger partial charge is 0.573 e. The smallest absolute Gasteiger partial charge is 0.492 e. The molecule has 0 amide bonds. The normalized spacial score (nSPS) is 14.5. The van der Waals surface area contributed by atoms with Gasteiger partial charge in [0.1, 0.15) is 23.9 Å². The third-order valence-corrected chi connectivity index (χ3v) is 5.03. The molecule has 0 bridgehead atoms. The maximum atomic E-state index is 12.4. The van der Waals surface area contributed by atoms with Crippen LogP contribution in [-0.4, -0.2) is 34.4 Å². The van der Waals surface area contributed by atoms with Crippen LogP contribution >= 0.6 is 0 Å². The zero-order valence-electron chi connectivity index (χ0n) is 17.0. The molecule has 31 heavy (non-hydrogen) atoms. The number of halogens is 3. The minimum absolute atomic E-state index is 0.241. The number of rotatable bonds is 5. The number of alkyl halides is 3. The fraction of sp³-hybridized carbons (Fsp3) is 0.304. The van der Waals surface area contributed by atoms with E-state index in [-0.39, 0.29) is 5.75 Å². The first-order valence-electron chi connectivity index (χ1n) is 10.0. The standard InChI is InChI=1S/C23H22F3N3O2/c1-2-19-9-10-27-22(28-19)15-29-11-12-30-21-8-5-17(13-18(21)14-29)16-3-6-20(7-4-16)31-23(24,25)26/h3-10,13H,2,11-12,14-15H2,1H3. The molecule has 162 valence electrons. The summed E-state index contributed by atoms with van der Waals surface area (Å²) in [5.74, 6) is 1.35. The highest BCUT2D eigenvalue weighted by molar-refractivity contribution is 5.66. The molecule has 3 aromatic rings. The highest BCUT2D eigenvalue weighted by Gasteiger charge is 2.31. The molecule has 0 fully saturated rings. The molecular formula is C23H22F3N3O2. The molecule has 0 saturated carbocycles. The summed E-state index contributed by atoms with van der Waals surface area (Å²) < 4.78 is 47.0. The van der Waals surface area contributed by atoms with Crippen LogP contribution < -0.4 is 9.47 Å². The first-order valence-corrected chi connectivity index (χ1v) is 10.0. The van der Waals surface area contributed by atoms with E-state index in [1.165, 1.54) is 12.1 Å². The maximum absolute atomic E-state index is 12.4. The Kier molecular flexibility index (Phi) is 6.08. The lowest BCUT2D eigenvalue weighted by Crippen LogP contribution is -2.26. The van der Waals surface area contributed by atoms with Gasteiger partial charge in [-0.3, -0.25) is 4.90 Å². The Hall–Kier alpha value is -3.13. The molecule has 1 aliphatic rings. The molecule has 0 aliphatic carbocycles. The number of aryl methyl sites for hydroxylation is 1. The predicted octanol–water partition coefficient (Wildman–Crippen LogP) is 5.00. The predicted molar refractivity (Wildman–Crippen MR) is 110 cm³/mol. The van der Waals surface area contributed by atoms with Gasteiger partial charge in [-0.15, -0.1) is 13.2 Å². The molecule has 0 unspecified atom stereocenters. The van der Waals surface area contributed by atoms with E-state index in [1.807, 2.05) is 24.3 Å². The Morgan fingerprint density at radius 2 is 1.84 bits per heavy atom. The number of ether oxygens (including phenoxy) is 2. The Morgan fingerprint density at radius 1 is 1.06 bits per heavy atom. The van der Waals surface area contributed by atoms with Crippen molar-refractivity contribution < 1.29 is 22.6 Å². The summed E-state index contributed by atoms with van der Waals surface area (Å²) >= 11 is 0. The minimum atomic E-state index is -4.70. The van der Waals surface area contributed by atoms with Crippen LogP contribution in [0.15, 0.2) is 54.7 Å². The molecular weight excluding hydrogens is 407 g/mol. The molecule has 1 aromatic heterocycles. The first kappa shape index (κ1) is 21.1. The van der Waals surface area contributed by atoms with Gasteiger partial charge >= 0.3 is 6.36 Å². The van der Waals surface area contributed by atoms with Crippen LogP contribution in [0.3, 0.4) is 0 Å². The van der Waals surface area contributed by atoms with E-state index in [1.54, 1.807) is 18.3 Å². The molecule has 8 heteroatoms. The van der Waals surface area contributed by atoms with Crippen LogP contribution in [0.2, 0.25) is 0 Å². The molecule has 0 atom stereocenters. The van der Waals surface area contributed by atoms with Crippen molar-refractivity contribution in [2.75, 3.05) is 13.2 Å². The summed E-state index contributed by atoms with van der Waals surface area (Å²) in [6, 6.07) is 13.6. The number of hydrogen-bond donors (Lipinski definition) is 0. The van der Waals surface area contributed by atoms with Gasteiger partial charge in [0.05, 0.1) is 6.54 Å². The molecule has 2 heterocycles. The summed E-state index contributed by atoms with van der Waals surface area (Å²) in [5, 5.41) is 0. The van der Waals surface area contributed by atoms with Gasteiger partial charge < -0.3 is 9.47 Å². The van der Waals surface area contributed by atoms with E-state index >= 15 is 0 Å². The van der Waals surface area contributed by atoms with E-state index in [0.717, 1.165) is 46.9 Å². The maximum Gasteiger partial charge on any atom is 0.573 e. The molecule has 0 saturated heterocycles. The molecule has 0 spiro atoms. The Bertz CT molecular complexity index is 1040. The van der Waals surface area contributed by atoms with Crippen molar-refractivity contribution in [2.45, 2.75) is 32.8 Å². The first-order chi connectivity index (χ1) is 14.9. The van der Waals surface area contributed by atoms with Crippen molar-refractivity contribution in [3.8, 4) is 22.6 Å². The molecule has 1 aliphatic heterocycles. The quantitative estimate of drug-likeness (QED) is 0.571. The Morgan fingerprint density at radius 3 is 2.58 bits per heavy atom. The van der Waals surface area contributed by atoms with Crippen LogP contribution in [-0.2, 0) is 19.5 Å². The highest BCUT2D eigenvalue weighted by atomic mass is 19.4. The van der Waals surface area contributed by atoms with E-state index in [2.05, 4.69) is 26.5 Å². The van der Waals surface area contributed by atoms with E-state index < -0.39 is 6.36 Å². The van der Waals surface area contributed by atoms with Crippen molar-refractivity contribution in [3.05, 3.63) is 71.8 Å². The summed E-state index contributed by atoms with van der Waals surface area (Å²) in [6.45, 7) is 4.64. The zero-order chi connectivity index (χ0) is 21.8. The number of fused-ring (bicyclic) bond motifs is 1. The number of nitrogens with zero attached hydrogens (tertiary/aromatic N) is 3. The summed E-state index contributed by atoms with van der Waals surface area (Å²) in [6.07, 6.45) is -2.06. The van der Waals surface area contributed by atoms with E-state index in [9.17, 15) is 13.2 Å². The lowest BCUT2D eigenvalue weighted by molar-refractivity contribution is -0.274. The topological polar surface area (TPSA) is 47.5 Å². The lowest BCUT2D eigenvalue weighted by atomic mass is 10.0. The second-order valence-corrected chi connectivity index (χ2v) is 7.27.